The van der Waals surface area contributed by atoms with Gasteiger partial charge in [0.1, 0.15) is 5.01 Å². The molecule has 0 aliphatic heterocycles. The van der Waals surface area contributed by atoms with E-state index in [1.807, 2.05) is 35.8 Å². The van der Waals surface area contributed by atoms with E-state index in [9.17, 15) is 0 Å². The van der Waals surface area contributed by atoms with E-state index in [2.05, 4.69) is 15.3 Å². The first kappa shape index (κ1) is 14.2. The maximum absolute atomic E-state index is 6.19. The van der Waals surface area contributed by atoms with Crippen molar-refractivity contribution in [1.29, 1.82) is 0 Å². The van der Waals surface area contributed by atoms with Gasteiger partial charge in [-0.1, -0.05) is 35.0 Å². The highest BCUT2D eigenvalue weighted by Gasteiger charge is 2.09. The molecule has 7 heteroatoms. The zero-order valence-electron chi connectivity index (χ0n) is 11.2. The maximum Gasteiger partial charge on any atom is 0.125 e. The zero-order valence-corrected chi connectivity index (χ0v) is 12.8. The highest BCUT2D eigenvalue weighted by molar-refractivity contribution is 7.13. The van der Waals surface area contributed by atoms with Crippen LogP contribution in [0.15, 0.2) is 35.8 Å². The smallest absolute Gasteiger partial charge is 0.125 e. The topological polar surface area (TPSA) is 69.6 Å². The van der Waals surface area contributed by atoms with E-state index in [4.69, 9.17) is 17.3 Å². The molecule has 3 rings (SSSR count). The fourth-order valence-corrected chi connectivity index (χ4v) is 3.11. The van der Waals surface area contributed by atoms with Gasteiger partial charge >= 0.3 is 0 Å². The van der Waals surface area contributed by atoms with E-state index in [0.29, 0.717) is 18.1 Å². The van der Waals surface area contributed by atoms with Crippen LogP contribution in [0.5, 0.6) is 0 Å². The molecule has 0 saturated heterocycles. The zero-order chi connectivity index (χ0) is 14.7. The van der Waals surface area contributed by atoms with Crippen LogP contribution in [0.4, 0.5) is 0 Å². The molecule has 0 amide bonds. The third-order valence-electron chi connectivity index (χ3n) is 2.97. The predicted molar refractivity (Wildman–Crippen MR) is 84.4 cm³/mol. The summed E-state index contributed by atoms with van der Waals surface area (Å²) >= 11 is 7.77. The number of nitrogens with zero attached hydrogens (tertiary/aromatic N) is 4. The molecule has 0 unspecified atom stereocenters. The van der Waals surface area contributed by atoms with Gasteiger partial charge in [0.15, 0.2) is 0 Å². The molecule has 108 valence electrons. The van der Waals surface area contributed by atoms with Crippen molar-refractivity contribution in [2.45, 2.75) is 13.0 Å². The lowest BCUT2D eigenvalue weighted by Gasteiger charge is -1.99. The Bertz CT molecular complexity index is 736. The lowest BCUT2D eigenvalue weighted by atomic mass is 10.2. The summed E-state index contributed by atoms with van der Waals surface area (Å²) in [4.78, 5) is 4.61. The molecule has 0 saturated carbocycles. The molecule has 5 nitrogen and oxygen atoms in total. The van der Waals surface area contributed by atoms with Gasteiger partial charge in [0.25, 0.3) is 0 Å². The molecule has 0 atom stereocenters. The molecule has 21 heavy (non-hydrogen) atoms. The molecule has 2 heterocycles. The molecule has 2 N–H and O–H groups in total. The van der Waals surface area contributed by atoms with Gasteiger partial charge in [0, 0.05) is 23.6 Å². The molecule has 0 aliphatic rings. The largest absolute Gasteiger partial charge is 0.330 e. The standard InChI is InChI=1S/C14H14ClN5S/c15-13-4-2-1-3-12(13)14-17-11(9-21-14)8-20-7-10(5-6-16)18-19-20/h1-4,7,9H,5-6,8,16H2. The fraction of sp³-hybridized carbons (Fsp3) is 0.214. The average Bonchev–Trinajstić information content (AvgIpc) is 3.10. The summed E-state index contributed by atoms with van der Waals surface area (Å²) in [6, 6.07) is 7.71. The molecule has 0 radical (unpaired) electrons. The summed E-state index contributed by atoms with van der Waals surface area (Å²) in [6.45, 7) is 1.17. The van der Waals surface area contributed by atoms with Crippen molar-refractivity contribution < 1.29 is 0 Å². The third kappa shape index (κ3) is 3.29. The molecule has 2 aromatic heterocycles. The second-order valence-electron chi connectivity index (χ2n) is 4.57. The minimum atomic E-state index is 0.575. The van der Waals surface area contributed by atoms with Crippen LogP contribution in [0, 0.1) is 0 Å². The van der Waals surface area contributed by atoms with Gasteiger partial charge in [-0.25, -0.2) is 9.67 Å². The Morgan fingerprint density at radius 3 is 2.90 bits per heavy atom. The summed E-state index contributed by atoms with van der Waals surface area (Å²) in [6.07, 6.45) is 2.64. The Morgan fingerprint density at radius 1 is 1.24 bits per heavy atom. The van der Waals surface area contributed by atoms with Crippen molar-refractivity contribution in [3.05, 3.63) is 52.3 Å². The van der Waals surface area contributed by atoms with Gasteiger partial charge in [0.2, 0.25) is 0 Å². The molecule has 3 aromatic rings. The number of hydrogen-bond donors (Lipinski definition) is 1. The first-order valence-corrected chi connectivity index (χ1v) is 7.80. The maximum atomic E-state index is 6.19. The van der Waals surface area contributed by atoms with Gasteiger partial charge in [-0.05, 0) is 12.6 Å². The van der Waals surface area contributed by atoms with E-state index in [0.717, 1.165) is 28.4 Å². The summed E-state index contributed by atoms with van der Waals surface area (Å²) in [5, 5.41) is 11.8. The molecule has 1 aromatic carbocycles. The number of rotatable bonds is 5. The highest BCUT2D eigenvalue weighted by atomic mass is 35.5. The normalized spacial score (nSPS) is 11.0. The quantitative estimate of drug-likeness (QED) is 0.784. The minimum absolute atomic E-state index is 0.575. The van der Waals surface area contributed by atoms with Crippen LogP contribution in [0.2, 0.25) is 5.02 Å². The highest BCUT2D eigenvalue weighted by Crippen LogP contribution is 2.30. The van der Waals surface area contributed by atoms with Crippen LogP contribution in [0.3, 0.4) is 0 Å². The van der Waals surface area contributed by atoms with Crippen LogP contribution in [0.1, 0.15) is 11.4 Å². The number of nitrogens with two attached hydrogens (primary N) is 1. The van der Waals surface area contributed by atoms with Gasteiger partial charge < -0.3 is 5.73 Å². The Hall–Kier alpha value is -1.76. The van der Waals surface area contributed by atoms with Gasteiger partial charge in [-0.3, -0.25) is 0 Å². The van der Waals surface area contributed by atoms with Crippen LogP contribution >= 0.6 is 22.9 Å². The monoisotopic (exact) mass is 319 g/mol. The second-order valence-corrected chi connectivity index (χ2v) is 5.84. The van der Waals surface area contributed by atoms with Gasteiger partial charge in [-0.2, -0.15) is 0 Å². The predicted octanol–water partition coefficient (Wildman–Crippen LogP) is 2.60. The molecular weight excluding hydrogens is 306 g/mol. The summed E-state index contributed by atoms with van der Waals surface area (Å²) in [5.74, 6) is 0. The molecule has 0 fully saturated rings. The van der Waals surface area contributed by atoms with Crippen molar-refractivity contribution in [2.75, 3.05) is 6.54 Å². The van der Waals surface area contributed by atoms with Crippen LogP contribution in [0.25, 0.3) is 10.6 Å². The van der Waals surface area contributed by atoms with Crippen LogP contribution in [-0.2, 0) is 13.0 Å². The first-order chi connectivity index (χ1) is 10.3. The van der Waals surface area contributed by atoms with E-state index < -0.39 is 0 Å². The Morgan fingerprint density at radius 2 is 2.10 bits per heavy atom. The van der Waals surface area contributed by atoms with E-state index in [1.165, 1.54) is 0 Å². The Balaban J connectivity index is 1.77. The third-order valence-corrected chi connectivity index (χ3v) is 4.22. The van der Waals surface area contributed by atoms with Crippen molar-refractivity contribution in [3.63, 3.8) is 0 Å². The number of benzene rings is 1. The van der Waals surface area contributed by atoms with Crippen molar-refractivity contribution >= 4 is 22.9 Å². The van der Waals surface area contributed by atoms with Crippen molar-refractivity contribution in [1.82, 2.24) is 20.0 Å². The Labute approximate surface area is 131 Å². The first-order valence-electron chi connectivity index (χ1n) is 6.54. The van der Waals surface area contributed by atoms with Crippen LogP contribution < -0.4 is 5.73 Å². The average molecular weight is 320 g/mol. The van der Waals surface area contributed by atoms with Gasteiger partial charge in [0.05, 0.1) is 23.0 Å². The van der Waals surface area contributed by atoms with E-state index in [-0.39, 0.29) is 0 Å². The lowest BCUT2D eigenvalue weighted by Crippen LogP contribution is -2.03. The van der Waals surface area contributed by atoms with Crippen molar-refractivity contribution in [3.8, 4) is 10.6 Å². The SMILES string of the molecule is NCCc1cn(Cc2csc(-c3ccccc3Cl)n2)nn1. The molecular formula is C14H14ClN5S. The van der Waals surface area contributed by atoms with Crippen LogP contribution in [-0.4, -0.2) is 26.5 Å². The number of aromatic nitrogens is 4. The van der Waals surface area contributed by atoms with Gasteiger partial charge in [-0.15, -0.1) is 16.4 Å². The molecule has 0 bridgehead atoms. The summed E-state index contributed by atoms with van der Waals surface area (Å²) < 4.78 is 1.77. The second kappa shape index (κ2) is 6.34. The Kier molecular flexibility index (Phi) is 4.28. The number of thiazole rings is 1. The molecule has 0 aliphatic carbocycles. The number of hydrogen-bond acceptors (Lipinski definition) is 5. The minimum Gasteiger partial charge on any atom is -0.330 e. The number of halogens is 1. The lowest BCUT2D eigenvalue weighted by molar-refractivity contribution is 0.641. The summed E-state index contributed by atoms with van der Waals surface area (Å²) in [7, 11) is 0. The van der Waals surface area contributed by atoms with E-state index >= 15 is 0 Å². The van der Waals surface area contributed by atoms with Crippen molar-refractivity contribution in [2.24, 2.45) is 5.73 Å². The summed E-state index contributed by atoms with van der Waals surface area (Å²) in [5.41, 5.74) is 8.31. The fourth-order valence-electron chi connectivity index (χ4n) is 1.98. The molecule has 0 spiro atoms. The van der Waals surface area contributed by atoms with E-state index in [1.54, 1.807) is 16.0 Å².